The predicted octanol–water partition coefficient (Wildman–Crippen LogP) is 2.00. The van der Waals surface area contributed by atoms with E-state index in [1.54, 1.807) is 0 Å². The number of halogens is 1. The Balaban J connectivity index is 0.000000251. The molecule has 0 fully saturated rings. The molecule has 1 aromatic rings. The predicted molar refractivity (Wildman–Crippen MR) is 91.6 cm³/mol. The van der Waals surface area contributed by atoms with E-state index in [-0.39, 0.29) is 12.4 Å². The van der Waals surface area contributed by atoms with E-state index in [1.165, 1.54) is 23.1 Å². The second-order valence-electron chi connectivity index (χ2n) is 5.67. The van der Waals surface area contributed by atoms with Crippen molar-refractivity contribution in [1.29, 1.82) is 0 Å². The van der Waals surface area contributed by atoms with Crippen molar-refractivity contribution in [2.24, 2.45) is 0 Å². The highest BCUT2D eigenvalue weighted by molar-refractivity contribution is 5.49. The molecule has 2 aliphatic carbocycles. The van der Waals surface area contributed by atoms with E-state index in [2.05, 4.69) is 81.3 Å². The molecule has 0 saturated carbocycles. The molecule has 22 heavy (non-hydrogen) atoms. The van der Waals surface area contributed by atoms with Gasteiger partial charge in [0.15, 0.2) is 0 Å². The van der Waals surface area contributed by atoms with Crippen molar-refractivity contribution in [2.45, 2.75) is 26.8 Å². The van der Waals surface area contributed by atoms with Gasteiger partial charge in [-0.2, -0.15) is 0 Å². The Kier molecular flexibility index (Phi) is 7.37. The van der Waals surface area contributed by atoms with Crippen LogP contribution in [0.3, 0.4) is 0 Å². The molecule has 3 rings (SSSR count). The third kappa shape index (κ3) is 4.72. The van der Waals surface area contributed by atoms with E-state index < -0.39 is 0 Å². The van der Waals surface area contributed by atoms with Crippen LogP contribution in [0.1, 0.15) is 25.8 Å². The molecule has 2 bridgehead atoms. The van der Waals surface area contributed by atoms with Crippen LogP contribution in [-0.4, -0.2) is 17.6 Å². The smallest absolute Gasteiger partial charge is 0.109 e. The minimum atomic E-state index is 0. The fourth-order valence-corrected chi connectivity index (χ4v) is 2.73. The van der Waals surface area contributed by atoms with Crippen molar-refractivity contribution in [3.63, 3.8) is 0 Å². The first-order valence-electron chi connectivity index (χ1n) is 7.82. The zero-order valence-corrected chi connectivity index (χ0v) is 14.4. The second-order valence-corrected chi connectivity index (χ2v) is 5.67. The Morgan fingerprint density at radius 3 is 1.86 bits per heavy atom. The lowest BCUT2D eigenvalue weighted by molar-refractivity contribution is -0.889. The monoisotopic (exact) mass is 315 g/mol. The van der Waals surface area contributed by atoms with Gasteiger partial charge >= 0.3 is 0 Å². The zero-order valence-electron chi connectivity index (χ0n) is 13.6. The second kappa shape index (κ2) is 8.77. The van der Waals surface area contributed by atoms with E-state index in [4.69, 9.17) is 0 Å². The Hall–Kier alpha value is -1.57. The minimum absolute atomic E-state index is 0. The van der Waals surface area contributed by atoms with Crippen LogP contribution < -0.4 is 12.4 Å². The molecule has 2 heteroatoms. The van der Waals surface area contributed by atoms with Gasteiger partial charge in [0.2, 0.25) is 0 Å². The molecule has 0 unspecified atom stereocenters. The topological polar surface area (TPSA) is 0 Å². The summed E-state index contributed by atoms with van der Waals surface area (Å²) in [4.78, 5) is 0. The molecule has 0 spiro atoms. The SMILES string of the molecule is C1=CC2=CC=C1C2.C=C[N+](CC)(CC)Cc1ccccc1.[Cl-]. The summed E-state index contributed by atoms with van der Waals surface area (Å²) in [6, 6.07) is 10.6. The lowest BCUT2D eigenvalue weighted by Gasteiger charge is -2.32. The van der Waals surface area contributed by atoms with Gasteiger partial charge < -0.3 is 12.4 Å². The normalized spacial score (nSPS) is 14.5. The summed E-state index contributed by atoms with van der Waals surface area (Å²) in [5.41, 5.74) is 4.32. The van der Waals surface area contributed by atoms with Crippen molar-refractivity contribution in [2.75, 3.05) is 13.1 Å². The fraction of sp³-hybridized carbons (Fsp3) is 0.300. The van der Waals surface area contributed by atoms with Crippen LogP contribution in [0.5, 0.6) is 0 Å². The maximum atomic E-state index is 3.94. The molecule has 0 aromatic heterocycles. The summed E-state index contributed by atoms with van der Waals surface area (Å²) in [6.07, 6.45) is 12.0. The summed E-state index contributed by atoms with van der Waals surface area (Å²) in [5.74, 6) is 0. The number of fused-ring (bicyclic) bond motifs is 2. The van der Waals surface area contributed by atoms with E-state index in [1.807, 2.05) is 0 Å². The van der Waals surface area contributed by atoms with E-state index >= 15 is 0 Å². The third-order valence-electron chi connectivity index (χ3n) is 4.42. The first kappa shape index (κ1) is 18.5. The van der Waals surface area contributed by atoms with Crippen LogP contribution in [0.25, 0.3) is 0 Å². The molecule has 118 valence electrons. The van der Waals surface area contributed by atoms with Crippen LogP contribution in [0.15, 0.2) is 78.6 Å². The number of quaternary nitrogens is 1. The van der Waals surface area contributed by atoms with Gasteiger partial charge in [-0.05, 0) is 38.0 Å². The number of rotatable bonds is 5. The van der Waals surface area contributed by atoms with Crippen LogP contribution in [-0.2, 0) is 6.54 Å². The molecular formula is C20H26ClN. The van der Waals surface area contributed by atoms with Crippen molar-refractivity contribution in [1.82, 2.24) is 0 Å². The van der Waals surface area contributed by atoms with Gasteiger partial charge in [-0.1, -0.05) is 54.6 Å². The standard InChI is InChI=1S/C13H20N.C7H6.ClH/c1-4-14(5-2,6-3)12-13-10-8-7-9-11-13;1-2-7-4-3-6(1)5-7;/h4,7-11H,1,5-6,12H2,2-3H3;1-4H,5H2;1H/q+1;;/p-1. The summed E-state index contributed by atoms with van der Waals surface area (Å²) in [7, 11) is 0. The number of hydrogen-bond donors (Lipinski definition) is 0. The maximum absolute atomic E-state index is 3.94. The summed E-state index contributed by atoms with van der Waals surface area (Å²) in [5, 5.41) is 0. The Bertz CT molecular complexity index is 543. The van der Waals surface area contributed by atoms with Crippen LogP contribution >= 0.6 is 0 Å². The third-order valence-corrected chi connectivity index (χ3v) is 4.42. The van der Waals surface area contributed by atoms with Gasteiger partial charge in [0.1, 0.15) is 6.54 Å². The molecule has 0 N–H and O–H groups in total. The minimum Gasteiger partial charge on any atom is -1.00 e. The Morgan fingerprint density at radius 1 is 1.00 bits per heavy atom. The average Bonchev–Trinajstić information content (AvgIpc) is 3.20. The zero-order chi connectivity index (χ0) is 15.1. The van der Waals surface area contributed by atoms with Gasteiger partial charge in [0.05, 0.1) is 19.3 Å². The van der Waals surface area contributed by atoms with Crippen LogP contribution in [0.2, 0.25) is 0 Å². The lowest BCUT2D eigenvalue weighted by Crippen LogP contribution is -3.00. The van der Waals surface area contributed by atoms with Gasteiger partial charge in [0.25, 0.3) is 0 Å². The summed E-state index contributed by atoms with van der Waals surface area (Å²) in [6.45, 7) is 11.6. The first-order valence-corrected chi connectivity index (χ1v) is 7.82. The van der Waals surface area contributed by atoms with Crippen LogP contribution in [0, 0.1) is 0 Å². The molecular weight excluding hydrogens is 290 g/mol. The van der Waals surface area contributed by atoms with E-state index in [0.29, 0.717) is 0 Å². The summed E-state index contributed by atoms with van der Waals surface area (Å²) >= 11 is 0. The summed E-state index contributed by atoms with van der Waals surface area (Å²) < 4.78 is 0.962. The maximum Gasteiger partial charge on any atom is 0.109 e. The van der Waals surface area contributed by atoms with Gasteiger partial charge in [-0.15, -0.1) is 0 Å². The van der Waals surface area contributed by atoms with Crippen molar-refractivity contribution in [3.05, 3.63) is 84.1 Å². The molecule has 1 nitrogen and oxygen atoms in total. The molecule has 0 amide bonds. The van der Waals surface area contributed by atoms with Crippen molar-refractivity contribution < 1.29 is 16.9 Å². The molecule has 1 aromatic carbocycles. The highest BCUT2D eigenvalue weighted by atomic mass is 35.5. The van der Waals surface area contributed by atoms with Crippen molar-refractivity contribution in [3.8, 4) is 0 Å². The van der Waals surface area contributed by atoms with E-state index in [9.17, 15) is 0 Å². The number of benzene rings is 1. The van der Waals surface area contributed by atoms with E-state index in [0.717, 1.165) is 24.1 Å². The number of hydrogen-bond acceptors (Lipinski definition) is 0. The quantitative estimate of drug-likeness (QED) is 0.729. The van der Waals surface area contributed by atoms with Gasteiger partial charge in [-0.3, -0.25) is 4.48 Å². The van der Waals surface area contributed by atoms with Crippen LogP contribution in [0.4, 0.5) is 0 Å². The van der Waals surface area contributed by atoms with Gasteiger partial charge in [-0.25, -0.2) is 0 Å². The average molecular weight is 316 g/mol. The highest BCUT2D eigenvalue weighted by Crippen LogP contribution is 2.27. The lowest BCUT2D eigenvalue weighted by atomic mass is 10.2. The Morgan fingerprint density at radius 2 is 1.55 bits per heavy atom. The largest absolute Gasteiger partial charge is 1.00 e. The van der Waals surface area contributed by atoms with Gasteiger partial charge in [0, 0.05) is 5.56 Å². The number of nitrogens with zero attached hydrogens (tertiary/aromatic N) is 1. The molecule has 0 atom stereocenters. The van der Waals surface area contributed by atoms with Crippen molar-refractivity contribution >= 4 is 0 Å². The number of allylic oxidation sites excluding steroid dienone is 6. The fourth-order valence-electron chi connectivity index (χ4n) is 2.73. The first-order chi connectivity index (χ1) is 10.2. The molecule has 0 radical (unpaired) electrons. The molecule has 0 heterocycles. The molecule has 0 saturated heterocycles. The molecule has 0 aliphatic heterocycles. The molecule has 2 aliphatic rings. The Labute approximate surface area is 141 Å². The highest BCUT2D eigenvalue weighted by Gasteiger charge is 2.19.